The van der Waals surface area contributed by atoms with E-state index in [9.17, 15) is 0 Å². The van der Waals surface area contributed by atoms with E-state index in [1.54, 1.807) is 6.20 Å². The summed E-state index contributed by atoms with van der Waals surface area (Å²) >= 11 is 3.46. The lowest BCUT2D eigenvalue weighted by molar-refractivity contribution is 0.0811. The van der Waals surface area contributed by atoms with Crippen LogP contribution in [0, 0.1) is 5.92 Å². The first-order valence-corrected chi connectivity index (χ1v) is 7.21. The Kier molecular flexibility index (Phi) is 5.16. The molecule has 0 saturated carbocycles. The summed E-state index contributed by atoms with van der Waals surface area (Å²) in [6.45, 7) is 6.14. The van der Waals surface area contributed by atoms with Crippen LogP contribution in [0.15, 0.2) is 34.9 Å². The van der Waals surface area contributed by atoms with E-state index in [0.29, 0.717) is 25.0 Å². The van der Waals surface area contributed by atoms with Gasteiger partial charge in [-0.2, -0.15) is 0 Å². The van der Waals surface area contributed by atoms with Gasteiger partial charge >= 0.3 is 0 Å². The van der Waals surface area contributed by atoms with E-state index in [4.69, 9.17) is 9.47 Å². The normalized spacial score (nSPS) is 11.2. The van der Waals surface area contributed by atoms with E-state index in [2.05, 4.69) is 40.8 Å². The number of fused-ring (bicyclic) bond motifs is 1. The van der Waals surface area contributed by atoms with Crippen molar-refractivity contribution in [1.29, 1.82) is 0 Å². The average molecular weight is 324 g/mol. The van der Waals surface area contributed by atoms with Crippen molar-refractivity contribution in [2.45, 2.75) is 13.8 Å². The third-order valence-corrected chi connectivity index (χ3v) is 3.10. The first-order valence-electron chi connectivity index (χ1n) is 6.41. The minimum absolute atomic E-state index is 0.523. The van der Waals surface area contributed by atoms with Crippen molar-refractivity contribution in [1.82, 2.24) is 4.98 Å². The van der Waals surface area contributed by atoms with Gasteiger partial charge in [-0.1, -0.05) is 29.8 Å². The summed E-state index contributed by atoms with van der Waals surface area (Å²) < 4.78 is 12.2. The fourth-order valence-electron chi connectivity index (χ4n) is 1.75. The quantitative estimate of drug-likeness (QED) is 0.751. The third kappa shape index (κ3) is 4.18. The standard InChI is InChI=1S/C15H18BrNO2/c1-11(2)10-18-7-8-19-15-14-4-3-13(16)9-12(14)5-6-17-15/h3-6,9,11H,7-8,10H2,1-2H3. The number of nitrogens with zero attached hydrogens (tertiary/aromatic N) is 1. The lowest BCUT2D eigenvalue weighted by Gasteiger charge is -2.10. The van der Waals surface area contributed by atoms with Crippen LogP contribution in [0.5, 0.6) is 5.88 Å². The second-order valence-corrected chi connectivity index (χ2v) is 5.71. The SMILES string of the molecule is CC(C)COCCOc1nccc2cc(Br)ccc12. The summed E-state index contributed by atoms with van der Waals surface area (Å²) in [6, 6.07) is 8.03. The fourth-order valence-corrected chi connectivity index (χ4v) is 2.13. The molecule has 3 nitrogen and oxygen atoms in total. The molecule has 4 heteroatoms. The smallest absolute Gasteiger partial charge is 0.221 e. The number of benzene rings is 1. The minimum Gasteiger partial charge on any atom is -0.475 e. The largest absolute Gasteiger partial charge is 0.475 e. The summed E-state index contributed by atoms with van der Waals surface area (Å²) in [5, 5.41) is 2.14. The Balaban J connectivity index is 1.97. The number of rotatable bonds is 6. The van der Waals surface area contributed by atoms with Gasteiger partial charge in [0.15, 0.2) is 0 Å². The number of halogens is 1. The van der Waals surface area contributed by atoms with E-state index in [0.717, 1.165) is 21.9 Å². The van der Waals surface area contributed by atoms with Crippen LogP contribution >= 0.6 is 15.9 Å². The highest BCUT2D eigenvalue weighted by Gasteiger charge is 2.04. The summed E-state index contributed by atoms with van der Waals surface area (Å²) in [5.74, 6) is 1.21. The topological polar surface area (TPSA) is 31.4 Å². The van der Waals surface area contributed by atoms with Gasteiger partial charge in [0.25, 0.3) is 0 Å². The summed E-state index contributed by atoms with van der Waals surface area (Å²) in [4.78, 5) is 4.28. The van der Waals surface area contributed by atoms with Gasteiger partial charge in [-0.05, 0) is 35.6 Å². The van der Waals surface area contributed by atoms with Gasteiger partial charge in [0.2, 0.25) is 5.88 Å². The van der Waals surface area contributed by atoms with Gasteiger partial charge in [-0.15, -0.1) is 0 Å². The zero-order chi connectivity index (χ0) is 13.7. The Hall–Kier alpha value is -1.13. The maximum atomic E-state index is 5.69. The second kappa shape index (κ2) is 6.87. The van der Waals surface area contributed by atoms with Crippen LogP contribution in [0.1, 0.15) is 13.8 Å². The highest BCUT2D eigenvalue weighted by Crippen LogP contribution is 2.25. The van der Waals surface area contributed by atoms with E-state index in [1.807, 2.05) is 18.2 Å². The van der Waals surface area contributed by atoms with Crippen molar-refractivity contribution in [3.8, 4) is 5.88 Å². The van der Waals surface area contributed by atoms with Gasteiger partial charge in [-0.3, -0.25) is 0 Å². The van der Waals surface area contributed by atoms with Crippen molar-refractivity contribution < 1.29 is 9.47 Å². The van der Waals surface area contributed by atoms with Crippen molar-refractivity contribution in [2.75, 3.05) is 19.8 Å². The van der Waals surface area contributed by atoms with Crippen LogP contribution in [-0.2, 0) is 4.74 Å². The zero-order valence-corrected chi connectivity index (χ0v) is 12.8. The Morgan fingerprint density at radius 2 is 2.05 bits per heavy atom. The van der Waals surface area contributed by atoms with Crippen LogP contribution in [0.2, 0.25) is 0 Å². The van der Waals surface area contributed by atoms with Crippen molar-refractivity contribution in [3.05, 3.63) is 34.9 Å². The molecule has 2 aromatic rings. The number of hydrogen-bond donors (Lipinski definition) is 0. The molecule has 0 bridgehead atoms. The Bertz CT molecular complexity index is 543. The van der Waals surface area contributed by atoms with E-state index >= 15 is 0 Å². The van der Waals surface area contributed by atoms with Gasteiger partial charge in [0.05, 0.1) is 6.61 Å². The maximum absolute atomic E-state index is 5.69. The van der Waals surface area contributed by atoms with E-state index < -0.39 is 0 Å². The van der Waals surface area contributed by atoms with Gasteiger partial charge in [0.1, 0.15) is 6.61 Å². The Labute approximate surface area is 122 Å². The molecule has 19 heavy (non-hydrogen) atoms. The molecule has 102 valence electrons. The van der Waals surface area contributed by atoms with E-state index in [-0.39, 0.29) is 0 Å². The van der Waals surface area contributed by atoms with Crippen LogP contribution in [0.25, 0.3) is 10.8 Å². The number of pyridine rings is 1. The molecule has 0 radical (unpaired) electrons. The number of aromatic nitrogens is 1. The van der Waals surface area contributed by atoms with Crippen molar-refractivity contribution >= 4 is 26.7 Å². The number of ether oxygens (including phenoxy) is 2. The van der Waals surface area contributed by atoms with Crippen LogP contribution < -0.4 is 4.74 Å². The molecule has 0 spiro atoms. The molecule has 0 atom stereocenters. The lowest BCUT2D eigenvalue weighted by Crippen LogP contribution is -2.10. The fraction of sp³-hybridized carbons (Fsp3) is 0.400. The molecule has 1 heterocycles. The zero-order valence-electron chi connectivity index (χ0n) is 11.2. The Morgan fingerprint density at radius 1 is 1.21 bits per heavy atom. The highest BCUT2D eigenvalue weighted by molar-refractivity contribution is 9.10. The average Bonchev–Trinajstić information content (AvgIpc) is 2.37. The van der Waals surface area contributed by atoms with Crippen LogP contribution in [0.3, 0.4) is 0 Å². The van der Waals surface area contributed by atoms with Gasteiger partial charge in [-0.25, -0.2) is 4.98 Å². The molecule has 2 rings (SSSR count). The molecular weight excluding hydrogens is 306 g/mol. The van der Waals surface area contributed by atoms with Crippen molar-refractivity contribution in [3.63, 3.8) is 0 Å². The summed E-state index contributed by atoms with van der Waals surface area (Å²) in [7, 11) is 0. The molecule has 1 aromatic carbocycles. The van der Waals surface area contributed by atoms with Crippen molar-refractivity contribution in [2.24, 2.45) is 5.92 Å². The third-order valence-electron chi connectivity index (χ3n) is 2.61. The molecule has 0 aliphatic heterocycles. The molecule has 0 amide bonds. The summed E-state index contributed by atoms with van der Waals surface area (Å²) in [5.41, 5.74) is 0. The maximum Gasteiger partial charge on any atom is 0.221 e. The molecule has 0 aliphatic carbocycles. The molecule has 0 saturated heterocycles. The Morgan fingerprint density at radius 3 is 2.84 bits per heavy atom. The predicted octanol–water partition coefficient (Wildman–Crippen LogP) is 4.05. The summed E-state index contributed by atoms with van der Waals surface area (Å²) in [6.07, 6.45) is 1.76. The minimum atomic E-state index is 0.523. The predicted molar refractivity (Wildman–Crippen MR) is 80.6 cm³/mol. The molecule has 0 unspecified atom stereocenters. The molecule has 0 fully saturated rings. The highest BCUT2D eigenvalue weighted by atomic mass is 79.9. The van der Waals surface area contributed by atoms with Crippen LogP contribution in [0.4, 0.5) is 0 Å². The monoisotopic (exact) mass is 323 g/mol. The first kappa shape index (κ1) is 14.3. The second-order valence-electron chi connectivity index (χ2n) is 4.80. The van der Waals surface area contributed by atoms with Gasteiger partial charge < -0.3 is 9.47 Å². The molecular formula is C15H18BrNO2. The number of hydrogen-bond acceptors (Lipinski definition) is 3. The van der Waals surface area contributed by atoms with Crippen LogP contribution in [-0.4, -0.2) is 24.8 Å². The molecule has 0 aliphatic rings. The molecule has 0 N–H and O–H groups in total. The first-order chi connectivity index (χ1) is 9.16. The van der Waals surface area contributed by atoms with E-state index in [1.165, 1.54) is 0 Å². The van der Waals surface area contributed by atoms with Gasteiger partial charge in [0, 0.05) is 22.7 Å². The lowest BCUT2D eigenvalue weighted by atomic mass is 10.2. The molecule has 1 aromatic heterocycles.